The molecule has 0 N–H and O–H groups in total. The zero-order valence-corrected chi connectivity index (χ0v) is 16.0. The normalized spacial score (nSPS) is 16.6. The van der Waals surface area contributed by atoms with E-state index in [0.29, 0.717) is 0 Å². The lowest BCUT2D eigenvalue weighted by atomic mass is 9.97. The van der Waals surface area contributed by atoms with Gasteiger partial charge in [-0.1, -0.05) is 73.7 Å². The van der Waals surface area contributed by atoms with Crippen LogP contribution in [0.1, 0.15) is 33.3 Å². The van der Waals surface area contributed by atoms with Crippen LogP contribution >= 0.6 is 22.6 Å². The molecule has 106 valence electrons. The zero-order valence-electron chi connectivity index (χ0n) is 12.8. The maximum atomic E-state index is 6.66. The van der Waals surface area contributed by atoms with Crippen LogP contribution in [0.5, 0.6) is 0 Å². The molecule has 1 atom stereocenters. The van der Waals surface area contributed by atoms with Gasteiger partial charge < -0.3 is 4.43 Å². The first-order valence-corrected chi connectivity index (χ1v) is 10.8. The van der Waals surface area contributed by atoms with E-state index in [9.17, 15) is 0 Å². The molecule has 0 spiro atoms. The molecule has 0 heterocycles. The van der Waals surface area contributed by atoms with Crippen molar-refractivity contribution in [2.75, 3.05) is 0 Å². The van der Waals surface area contributed by atoms with E-state index in [-0.39, 0.29) is 10.6 Å². The highest BCUT2D eigenvalue weighted by Gasteiger charge is 2.42. The summed E-state index contributed by atoms with van der Waals surface area (Å²) in [4.78, 5) is 0. The molecule has 0 fully saturated rings. The number of hydrogen-bond acceptors (Lipinski definition) is 1. The van der Waals surface area contributed by atoms with Gasteiger partial charge in [0.1, 0.15) is 0 Å². The lowest BCUT2D eigenvalue weighted by Gasteiger charge is -2.43. The first-order valence-electron chi connectivity index (χ1n) is 6.66. The summed E-state index contributed by atoms with van der Waals surface area (Å²) < 4.78 is 8.72. The van der Waals surface area contributed by atoms with Crippen LogP contribution in [0.25, 0.3) is 0 Å². The largest absolute Gasteiger partial charge is 0.404 e. The van der Waals surface area contributed by atoms with Gasteiger partial charge in [-0.05, 0) is 40.8 Å². The summed E-state index contributed by atoms with van der Waals surface area (Å²) >= 11 is 2.27. The number of rotatable bonds is 4. The quantitative estimate of drug-likeness (QED) is 0.463. The highest BCUT2D eigenvalue weighted by atomic mass is 127. The van der Waals surface area contributed by atoms with Crippen LogP contribution in [0, 0.1) is 0 Å². The molecule has 0 saturated heterocycles. The summed E-state index contributed by atoms with van der Waals surface area (Å²) in [7, 11) is -1.81. The van der Waals surface area contributed by atoms with Crippen LogP contribution < -0.4 is 0 Å². The maximum Gasteiger partial charge on any atom is 0.193 e. The van der Waals surface area contributed by atoms with E-state index >= 15 is 0 Å². The number of benzene rings is 1. The van der Waals surface area contributed by atoms with Crippen molar-refractivity contribution < 1.29 is 4.43 Å². The Morgan fingerprint density at radius 2 is 1.58 bits per heavy atom. The fraction of sp³-hybridized carbons (Fsp3) is 0.500. The minimum absolute atomic E-state index is 0.210. The Kier molecular flexibility index (Phi) is 5.43. The third kappa shape index (κ3) is 4.16. The average molecular weight is 388 g/mol. The highest BCUT2D eigenvalue weighted by molar-refractivity contribution is 14.1. The van der Waals surface area contributed by atoms with Crippen molar-refractivity contribution >= 4 is 30.9 Å². The summed E-state index contributed by atoms with van der Waals surface area (Å²) in [5, 5.41) is 0.210. The lowest BCUT2D eigenvalue weighted by molar-refractivity contribution is 0.121. The second-order valence-corrected chi connectivity index (χ2v) is 12.1. The fourth-order valence-corrected chi connectivity index (χ4v) is 4.00. The number of halogens is 1. The molecule has 0 radical (unpaired) electrons. The van der Waals surface area contributed by atoms with Crippen LogP contribution in [0.4, 0.5) is 0 Å². The predicted octanol–water partition coefficient (Wildman–Crippen LogP) is 5.87. The van der Waals surface area contributed by atoms with Crippen molar-refractivity contribution in [3.05, 3.63) is 46.1 Å². The van der Waals surface area contributed by atoms with Gasteiger partial charge in [0.2, 0.25) is 0 Å². The molecular formula is C16H25IOSi. The van der Waals surface area contributed by atoms with E-state index in [0.717, 1.165) is 0 Å². The smallest absolute Gasteiger partial charge is 0.193 e. The monoisotopic (exact) mass is 388 g/mol. The molecule has 19 heavy (non-hydrogen) atoms. The molecule has 0 bridgehead atoms. The van der Waals surface area contributed by atoms with E-state index < -0.39 is 8.32 Å². The Morgan fingerprint density at radius 1 is 1.05 bits per heavy atom. The molecule has 1 aromatic carbocycles. The molecule has 3 heteroatoms. The van der Waals surface area contributed by atoms with Gasteiger partial charge in [-0.2, -0.15) is 0 Å². The van der Waals surface area contributed by atoms with Crippen LogP contribution in [-0.2, 0) is 10.0 Å². The predicted molar refractivity (Wildman–Crippen MR) is 95.2 cm³/mol. The topological polar surface area (TPSA) is 9.23 Å². The van der Waals surface area contributed by atoms with Gasteiger partial charge >= 0.3 is 0 Å². The summed E-state index contributed by atoms with van der Waals surface area (Å²) in [6.45, 7) is 13.6. The summed E-state index contributed by atoms with van der Waals surface area (Å²) in [5.41, 5.74) is 0.874. The van der Waals surface area contributed by atoms with E-state index in [4.69, 9.17) is 4.43 Å². The molecule has 0 aliphatic carbocycles. The standard InChI is InChI=1S/C16H25IOSi/c1-15(2,3)19(5,6)18-16(4,12-13-17)14-10-8-7-9-11-14/h7-13H,1-6H3. The van der Waals surface area contributed by atoms with E-state index in [1.54, 1.807) is 0 Å². The second-order valence-electron chi connectivity index (χ2n) is 6.63. The SMILES string of the molecule is CC(C=CI)(O[Si](C)(C)C(C)(C)C)c1ccccc1. The number of hydrogen-bond donors (Lipinski definition) is 0. The second kappa shape index (κ2) is 6.10. The van der Waals surface area contributed by atoms with Crippen molar-refractivity contribution in [2.24, 2.45) is 0 Å². The molecule has 1 aromatic rings. The molecule has 1 nitrogen and oxygen atoms in total. The molecule has 0 aliphatic rings. The van der Waals surface area contributed by atoms with Crippen LogP contribution in [0.3, 0.4) is 0 Å². The van der Waals surface area contributed by atoms with Crippen molar-refractivity contribution in [1.29, 1.82) is 0 Å². The Bertz CT molecular complexity index is 434. The molecule has 0 aromatic heterocycles. The van der Waals surface area contributed by atoms with Crippen LogP contribution in [0.15, 0.2) is 40.5 Å². The first-order chi connectivity index (χ1) is 8.62. The van der Waals surface area contributed by atoms with Crippen molar-refractivity contribution in [2.45, 2.75) is 51.4 Å². The summed E-state index contributed by atoms with van der Waals surface area (Å²) in [6, 6.07) is 10.5. The third-order valence-corrected chi connectivity index (χ3v) is 8.91. The Labute approximate surface area is 132 Å². The average Bonchev–Trinajstić information content (AvgIpc) is 2.28. The van der Waals surface area contributed by atoms with Gasteiger partial charge in [0.15, 0.2) is 8.32 Å². The molecule has 0 amide bonds. The van der Waals surface area contributed by atoms with E-state index in [1.807, 2.05) is 6.07 Å². The Balaban J connectivity index is 3.16. The first kappa shape index (κ1) is 16.9. The molecular weight excluding hydrogens is 363 g/mol. The molecule has 0 aliphatic heterocycles. The maximum absolute atomic E-state index is 6.66. The van der Waals surface area contributed by atoms with Crippen molar-refractivity contribution in [1.82, 2.24) is 0 Å². The van der Waals surface area contributed by atoms with Gasteiger partial charge in [-0.25, -0.2) is 0 Å². The van der Waals surface area contributed by atoms with Gasteiger partial charge in [-0.15, -0.1) is 0 Å². The van der Waals surface area contributed by atoms with Gasteiger partial charge in [0.05, 0.1) is 5.60 Å². The highest BCUT2D eigenvalue weighted by Crippen LogP contribution is 2.42. The Hall–Kier alpha value is -0.133. The molecule has 1 unspecified atom stereocenters. The minimum Gasteiger partial charge on any atom is -0.404 e. The Morgan fingerprint density at radius 3 is 2.00 bits per heavy atom. The third-order valence-electron chi connectivity index (χ3n) is 4.00. The van der Waals surface area contributed by atoms with Gasteiger partial charge in [-0.3, -0.25) is 0 Å². The minimum atomic E-state index is -1.81. The lowest BCUT2D eigenvalue weighted by Crippen LogP contribution is -2.46. The van der Waals surface area contributed by atoms with Crippen molar-refractivity contribution in [3.63, 3.8) is 0 Å². The molecule has 0 saturated carbocycles. The fourth-order valence-electron chi connectivity index (χ4n) is 1.76. The summed E-state index contributed by atoms with van der Waals surface area (Å²) in [6.07, 6.45) is 2.16. The van der Waals surface area contributed by atoms with E-state index in [1.165, 1.54) is 5.56 Å². The van der Waals surface area contributed by atoms with Crippen molar-refractivity contribution in [3.8, 4) is 0 Å². The zero-order chi connectivity index (χ0) is 14.7. The summed E-state index contributed by atoms with van der Waals surface area (Å²) in [5.74, 6) is 0. The van der Waals surface area contributed by atoms with Crippen LogP contribution in [-0.4, -0.2) is 8.32 Å². The molecule has 1 rings (SSSR count). The van der Waals surface area contributed by atoms with Gasteiger partial charge in [0.25, 0.3) is 0 Å². The van der Waals surface area contributed by atoms with Crippen LogP contribution in [0.2, 0.25) is 18.1 Å². The van der Waals surface area contributed by atoms with E-state index in [2.05, 4.69) is 97.8 Å². The van der Waals surface area contributed by atoms with Gasteiger partial charge in [0, 0.05) is 0 Å².